The van der Waals surface area contributed by atoms with Gasteiger partial charge in [-0.3, -0.25) is 0 Å². The van der Waals surface area contributed by atoms with Gasteiger partial charge in [0.05, 0.1) is 23.7 Å². The molecule has 0 atom stereocenters. The Bertz CT molecular complexity index is 743. The van der Waals surface area contributed by atoms with E-state index in [1.54, 1.807) is 13.0 Å². The zero-order chi connectivity index (χ0) is 17.1. The molecule has 1 aliphatic rings. The highest BCUT2D eigenvalue weighted by Crippen LogP contribution is 2.36. The van der Waals surface area contributed by atoms with Crippen molar-refractivity contribution in [2.24, 2.45) is 0 Å². The van der Waals surface area contributed by atoms with Gasteiger partial charge in [0, 0.05) is 11.8 Å². The summed E-state index contributed by atoms with van der Waals surface area (Å²) in [5, 5.41) is 0. The Labute approximate surface area is 142 Å². The molecule has 0 spiro atoms. The van der Waals surface area contributed by atoms with Crippen molar-refractivity contribution in [2.75, 3.05) is 13.7 Å². The number of ether oxygens (including phenoxy) is 2. The summed E-state index contributed by atoms with van der Waals surface area (Å²) in [6.45, 7) is 6.70. The summed E-state index contributed by atoms with van der Waals surface area (Å²) in [6.07, 6.45) is 0. The van der Waals surface area contributed by atoms with Crippen molar-refractivity contribution in [3.8, 4) is 17.1 Å². The third-order valence-electron chi connectivity index (χ3n) is 3.44. The lowest BCUT2D eigenvalue weighted by Crippen LogP contribution is -2.09. The first-order valence-corrected chi connectivity index (χ1v) is 8.10. The number of aromatic nitrogens is 2. The van der Waals surface area contributed by atoms with Gasteiger partial charge >= 0.3 is 5.97 Å². The van der Waals surface area contributed by atoms with Gasteiger partial charge in [-0.2, -0.15) is 0 Å². The van der Waals surface area contributed by atoms with Crippen LogP contribution in [0.5, 0.6) is 5.75 Å². The second-order valence-electron chi connectivity index (χ2n) is 4.62. The fraction of sp³-hybridized carbons (Fsp3) is 0.375. The quantitative estimate of drug-likeness (QED) is 0.698. The van der Waals surface area contributed by atoms with Gasteiger partial charge in [0.15, 0.2) is 5.69 Å². The van der Waals surface area contributed by atoms with Crippen LogP contribution in [-0.2, 0) is 11.3 Å². The molecule has 0 saturated carbocycles. The molecule has 5 nitrogen and oxygen atoms in total. The summed E-state index contributed by atoms with van der Waals surface area (Å²) in [5.74, 6) is 0.0901. The maximum absolute atomic E-state index is 13.7. The molecule has 1 aromatic heterocycles. The average Bonchev–Trinajstić information content (AvgIpc) is 2.78. The fourth-order valence-corrected chi connectivity index (χ4v) is 2.72. The number of carbonyl (C=O) groups excluding carboxylic acids is 1. The number of halogens is 2. The van der Waals surface area contributed by atoms with Crippen molar-refractivity contribution in [3.05, 3.63) is 33.8 Å². The molecular weight excluding hydrogens is 367 g/mol. The van der Waals surface area contributed by atoms with Crippen molar-refractivity contribution in [1.29, 1.82) is 0 Å². The normalized spacial score (nSPS) is 12.1. The summed E-state index contributed by atoms with van der Waals surface area (Å²) >= 11 is 3.16. The Kier molecular flexibility index (Phi) is 5.41. The average molecular weight is 385 g/mol. The molecule has 1 aliphatic heterocycles. The highest BCUT2D eigenvalue weighted by molar-refractivity contribution is 9.10. The minimum absolute atomic E-state index is 0.265. The Morgan fingerprint density at radius 2 is 2.13 bits per heavy atom. The molecule has 0 aliphatic carbocycles. The molecule has 7 heteroatoms. The van der Waals surface area contributed by atoms with E-state index < -0.39 is 11.8 Å². The third-order valence-corrected chi connectivity index (χ3v) is 4.04. The molecule has 0 fully saturated rings. The molecule has 0 radical (unpaired) electrons. The zero-order valence-corrected chi connectivity index (χ0v) is 15.0. The van der Waals surface area contributed by atoms with Gasteiger partial charge in [-0.25, -0.2) is 14.2 Å². The number of hydrogen-bond acceptors (Lipinski definition) is 4. The first kappa shape index (κ1) is 17.5. The number of nitrogens with zero attached hydrogens (tertiary/aromatic N) is 2. The highest BCUT2D eigenvalue weighted by atomic mass is 79.9. The summed E-state index contributed by atoms with van der Waals surface area (Å²) < 4.78 is 26.2. The standard InChI is InChI=1S/C14H12BrFN2O3.C2H6/c1-7-12(14(19)20-2)17-13-8-5-9(15)10(16)6-11(8)21-4-3-18(7)13;1-2/h5-6H,3-4H2,1-2H3;1-2H3. The van der Waals surface area contributed by atoms with Crippen molar-refractivity contribution in [1.82, 2.24) is 9.55 Å². The number of methoxy groups -OCH3 is 1. The lowest BCUT2D eigenvalue weighted by molar-refractivity contribution is 0.0593. The first-order valence-electron chi connectivity index (χ1n) is 7.30. The van der Waals surface area contributed by atoms with E-state index >= 15 is 0 Å². The first-order chi connectivity index (χ1) is 11.0. The van der Waals surface area contributed by atoms with Gasteiger partial charge in [-0.1, -0.05) is 13.8 Å². The van der Waals surface area contributed by atoms with E-state index in [4.69, 9.17) is 9.47 Å². The molecule has 1 aromatic carbocycles. The second kappa shape index (κ2) is 7.12. The Hall–Kier alpha value is -1.89. The fourth-order valence-electron chi connectivity index (χ4n) is 2.37. The summed E-state index contributed by atoms with van der Waals surface area (Å²) in [6, 6.07) is 2.92. The second-order valence-corrected chi connectivity index (χ2v) is 5.48. The van der Waals surface area contributed by atoms with E-state index in [0.29, 0.717) is 40.5 Å². The Morgan fingerprint density at radius 1 is 1.43 bits per heavy atom. The highest BCUT2D eigenvalue weighted by Gasteiger charge is 2.25. The van der Waals surface area contributed by atoms with Gasteiger partial charge in [-0.05, 0) is 28.9 Å². The van der Waals surface area contributed by atoms with Crippen molar-refractivity contribution in [2.45, 2.75) is 27.3 Å². The molecule has 2 heterocycles. The van der Waals surface area contributed by atoms with Gasteiger partial charge in [0.25, 0.3) is 0 Å². The summed E-state index contributed by atoms with van der Waals surface area (Å²) in [5.41, 5.74) is 1.61. The predicted octanol–water partition coefficient (Wildman–Crippen LogP) is 3.97. The Morgan fingerprint density at radius 3 is 2.78 bits per heavy atom. The van der Waals surface area contributed by atoms with Gasteiger partial charge < -0.3 is 14.0 Å². The molecule has 0 unspecified atom stereocenters. The SMILES string of the molecule is CC.COC(=O)c1nc2n(c1C)CCOc1cc(F)c(Br)cc1-2. The van der Waals surface area contributed by atoms with Gasteiger partial charge in [0.1, 0.15) is 24.0 Å². The number of imidazole rings is 1. The lowest BCUT2D eigenvalue weighted by atomic mass is 10.2. The molecule has 3 rings (SSSR count). The maximum atomic E-state index is 13.7. The minimum Gasteiger partial charge on any atom is -0.491 e. The summed E-state index contributed by atoms with van der Waals surface area (Å²) in [7, 11) is 1.31. The molecule has 0 saturated heterocycles. The van der Waals surface area contributed by atoms with Crippen LogP contribution in [0, 0.1) is 12.7 Å². The molecular formula is C16H18BrFN2O3. The number of fused-ring (bicyclic) bond motifs is 3. The van der Waals surface area contributed by atoms with E-state index in [2.05, 4.69) is 20.9 Å². The van der Waals surface area contributed by atoms with Gasteiger partial charge in [0.2, 0.25) is 0 Å². The van der Waals surface area contributed by atoms with Crippen LogP contribution in [0.4, 0.5) is 4.39 Å². The number of esters is 1. The monoisotopic (exact) mass is 384 g/mol. The predicted molar refractivity (Wildman–Crippen MR) is 88.2 cm³/mol. The van der Waals surface area contributed by atoms with Crippen LogP contribution in [0.3, 0.4) is 0 Å². The smallest absolute Gasteiger partial charge is 0.358 e. The van der Waals surface area contributed by atoms with Crippen LogP contribution in [0.1, 0.15) is 30.0 Å². The van der Waals surface area contributed by atoms with Crippen LogP contribution >= 0.6 is 15.9 Å². The molecule has 124 valence electrons. The van der Waals surface area contributed by atoms with Crippen LogP contribution in [0.25, 0.3) is 11.4 Å². The zero-order valence-electron chi connectivity index (χ0n) is 13.4. The molecule has 2 aromatic rings. The number of carbonyl (C=O) groups is 1. The van der Waals surface area contributed by atoms with Crippen molar-refractivity contribution >= 4 is 21.9 Å². The van der Waals surface area contributed by atoms with Crippen molar-refractivity contribution in [3.63, 3.8) is 0 Å². The topological polar surface area (TPSA) is 53.3 Å². The van der Waals surface area contributed by atoms with E-state index in [1.807, 2.05) is 18.4 Å². The third kappa shape index (κ3) is 3.10. The van der Waals surface area contributed by atoms with E-state index in [-0.39, 0.29) is 5.69 Å². The van der Waals surface area contributed by atoms with Crippen LogP contribution in [-0.4, -0.2) is 29.2 Å². The van der Waals surface area contributed by atoms with Crippen molar-refractivity contribution < 1.29 is 18.7 Å². The summed E-state index contributed by atoms with van der Waals surface area (Å²) in [4.78, 5) is 16.1. The molecule has 0 amide bonds. The largest absolute Gasteiger partial charge is 0.491 e. The minimum atomic E-state index is -0.489. The van der Waals surface area contributed by atoms with E-state index in [0.717, 1.165) is 0 Å². The Balaban J connectivity index is 0.000000924. The lowest BCUT2D eigenvalue weighted by Gasteiger charge is -2.07. The number of rotatable bonds is 1. The number of hydrogen-bond donors (Lipinski definition) is 0. The van der Waals surface area contributed by atoms with Crippen LogP contribution < -0.4 is 4.74 Å². The van der Waals surface area contributed by atoms with Gasteiger partial charge in [-0.15, -0.1) is 0 Å². The molecule has 0 N–H and O–H groups in total. The molecule has 23 heavy (non-hydrogen) atoms. The molecule has 0 bridgehead atoms. The van der Waals surface area contributed by atoms with E-state index in [1.165, 1.54) is 13.2 Å². The van der Waals surface area contributed by atoms with E-state index in [9.17, 15) is 9.18 Å². The number of benzene rings is 1. The van der Waals surface area contributed by atoms with Crippen LogP contribution in [0.2, 0.25) is 0 Å². The van der Waals surface area contributed by atoms with Crippen LogP contribution in [0.15, 0.2) is 16.6 Å². The maximum Gasteiger partial charge on any atom is 0.358 e.